The molecule has 2 heterocycles. The first-order valence-electron chi connectivity index (χ1n) is 8.62. The third-order valence-corrected chi connectivity index (χ3v) is 4.92. The van der Waals surface area contributed by atoms with Crippen LogP contribution in [0.5, 0.6) is 0 Å². The Bertz CT molecular complexity index is 869. The van der Waals surface area contributed by atoms with E-state index in [1.165, 1.54) is 0 Å². The summed E-state index contributed by atoms with van der Waals surface area (Å²) in [6, 6.07) is 8.98. The van der Waals surface area contributed by atoms with Crippen LogP contribution in [0.4, 0.5) is 0 Å². The van der Waals surface area contributed by atoms with E-state index in [-0.39, 0.29) is 12.6 Å². The molecule has 27 heavy (non-hydrogen) atoms. The van der Waals surface area contributed by atoms with E-state index in [4.69, 9.17) is 27.7 Å². The predicted octanol–water partition coefficient (Wildman–Crippen LogP) is 4.21. The second kappa shape index (κ2) is 9.28. The number of hydrogen-bond acceptors (Lipinski definition) is 6. The lowest BCUT2D eigenvalue weighted by Crippen LogP contribution is -2.36. The number of benzene rings is 1. The standard InChI is InChI=1S/C19H20Cl2N4O2/c1-2-16(12-26)25(10-14-3-4-15(20)9-17(14)21)11-18-23-19(24-27-18)13-5-7-22-8-6-13/h3-9,16,26H,2,10-12H2,1H3/t16-/m1/s1. The van der Waals surface area contributed by atoms with Crippen molar-refractivity contribution in [3.8, 4) is 11.4 Å². The second-order valence-electron chi connectivity index (χ2n) is 6.13. The normalized spacial score (nSPS) is 12.5. The van der Waals surface area contributed by atoms with E-state index in [1.807, 2.05) is 25.1 Å². The van der Waals surface area contributed by atoms with Crippen LogP contribution in [-0.2, 0) is 13.1 Å². The number of rotatable bonds is 8. The van der Waals surface area contributed by atoms with Crippen LogP contribution in [0, 0.1) is 0 Å². The van der Waals surface area contributed by atoms with Crippen molar-refractivity contribution in [1.82, 2.24) is 20.0 Å². The number of pyridine rings is 1. The van der Waals surface area contributed by atoms with Crippen LogP contribution in [0.25, 0.3) is 11.4 Å². The number of aliphatic hydroxyl groups is 1. The van der Waals surface area contributed by atoms with Gasteiger partial charge in [-0.2, -0.15) is 4.98 Å². The fourth-order valence-electron chi connectivity index (χ4n) is 2.80. The van der Waals surface area contributed by atoms with E-state index in [2.05, 4.69) is 20.0 Å². The Morgan fingerprint density at radius 3 is 2.59 bits per heavy atom. The molecule has 2 aromatic heterocycles. The minimum atomic E-state index is -0.0620. The molecule has 142 valence electrons. The second-order valence-corrected chi connectivity index (χ2v) is 6.98. The first-order chi connectivity index (χ1) is 13.1. The van der Waals surface area contributed by atoms with E-state index in [0.29, 0.717) is 34.8 Å². The molecular formula is C19H20Cl2N4O2. The average molecular weight is 407 g/mol. The van der Waals surface area contributed by atoms with Gasteiger partial charge < -0.3 is 9.63 Å². The van der Waals surface area contributed by atoms with Gasteiger partial charge in [-0.15, -0.1) is 0 Å². The lowest BCUT2D eigenvalue weighted by molar-refractivity contribution is 0.0958. The fraction of sp³-hybridized carbons (Fsp3) is 0.316. The van der Waals surface area contributed by atoms with Crippen LogP contribution in [-0.4, -0.2) is 37.8 Å². The molecule has 0 bridgehead atoms. The average Bonchev–Trinajstić information content (AvgIpc) is 3.14. The van der Waals surface area contributed by atoms with Gasteiger partial charge in [-0.1, -0.05) is 41.3 Å². The third-order valence-electron chi connectivity index (χ3n) is 4.33. The Labute approximate surface area is 167 Å². The van der Waals surface area contributed by atoms with E-state index in [0.717, 1.165) is 17.5 Å². The summed E-state index contributed by atoms with van der Waals surface area (Å²) in [7, 11) is 0. The number of aromatic nitrogens is 3. The molecule has 0 aliphatic rings. The van der Waals surface area contributed by atoms with Gasteiger partial charge in [0.05, 0.1) is 13.2 Å². The molecule has 0 amide bonds. The molecule has 3 rings (SSSR count). The van der Waals surface area contributed by atoms with Gasteiger partial charge in [-0.3, -0.25) is 9.88 Å². The molecule has 1 aromatic carbocycles. The summed E-state index contributed by atoms with van der Waals surface area (Å²) in [6.45, 7) is 2.97. The van der Waals surface area contributed by atoms with Crippen molar-refractivity contribution in [3.05, 3.63) is 64.2 Å². The Balaban J connectivity index is 1.80. The maximum Gasteiger partial charge on any atom is 0.241 e. The molecule has 1 atom stereocenters. The van der Waals surface area contributed by atoms with Crippen molar-refractivity contribution in [2.75, 3.05) is 6.61 Å². The van der Waals surface area contributed by atoms with Crippen LogP contribution in [0.2, 0.25) is 10.0 Å². The number of aliphatic hydroxyl groups excluding tert-OH is 1. The topological polar surface area (TPSA) is 75.3 Å². The monoisotopic (exact) mass is 406 g/mol. The predicted molar refractivity (Wildman–Crippen MR) is 104 cm³/mol. The molecule has 3 aromatic rings. The van der Waals surface area contributed by atoms with Crippen molar-refractivity contribution >= 4 is 23.2 Å². The summed E-state index contributed by atoms with van der Waals surface area (Å²) >= 11 is 12.3. The van der Waals surface area contributed by atoms with Crippen molar-refractivity contribution in [1.29, 1.82) is 0 Å². The molecule has 0 fully saturated rings. The Morgan fingerprint density at radius 1 is 1.15 bits per heavy atom. The van der Waals surface area contributed by atoms with Gasteiger partial charge in [0.2, 0.25) is 11.7 Å². The minimum absolute atomic E-state index is 0.0209. The number of hydrogen-bond donors (Lipinski definition) is 1. The van der Waals surface area contributed by atoms with Gasteiger partial charge in [0, 0.05) is 40.6 Å². The molecule has 8 heteroatoms. The number of halogens is 2. The lowest BCUT2D eigenvalue weighted by atomic mass is 10.1. The first-order valence-corrected chi connectivity index (χ1v) is 9.38. The van der Waals surface area contributed by atoms with Gasteiger partial charge in [-0.05, 0) is 36.2 Å². The van der Waals surface area contributed by atoms with Gasteiger partial charge in [-0.25, -0.2) is 0 Å². The van der Waals surface area contributed by atoms with E-state index >= 15 is 0 Å². The summed E-state index contributed by atoms with van der Waals surface area (Å²) in [4.78, 5) is 10.5. The molecule has 6 nitrogen and oxygen atoms in total. The van der Waals surface area contributed by atoms with Crippen LogP contribution >= 0.6 is 23.2 Å². The van der Waals surface area contributed by atoms with Crippen LogP contribution in [0.3, 0.4) is 0 Å². The van der Waals surface area contributed by atoms with Crippen molar-refractivity contribution in [2.24, 2.45) is 0 Å². The lowest BCUT2D eigenvalue weighted by Gasteiger charge is -2.28. The van der Waals surface area contributed by atoms with Gasteiger partial charge in [0.1, 0.15) is 0 Å². The quantitative estimate of drug-likeness (QED) is 0.603. The van der Waals surface area contributed by atoms with Gasteiger partial charge >= 0.3 is 0 Å². The zero-order chi connectivity index (χ0) is 19.2. The molecule has 0 radical (unpaired) electrons. The third kappa shape index (κ3) is 5.05. The zero-order valence-corrected chi connectivity index (χ0v) is 16.4. The molecule has 0 aliphatic carbocycles. The van der Waals surface area contributed by atoms with Crippen molar-refractivity contribution in [2.45, 2.75) is 32.5 Å². The summed E-state index contributed by atoms with van der Waals surface area (Å²) in [5, 5.41) is 15.0. The number of nitrogens with zero attached hydrogens (tertiary/aromatic N) is 4. The van der Waals surface area contributed by atoms with Crippen molar-refractivity contribution < 1.29 is 9.63 Å². The molecule has 0 aliphatic heterocycles. The maximum atomic E-state index is 9.78. The van der Waals surface area contributed by atoms with Gasteiger partial charge in [0.15, 0.2) is 0 Å². The molecule has 0 unspecified atom stereocenters. The summed E-state index contributed by atoms with van der Waals surface area (Å²) in [6.07, 6.45) is 4.13. The Hall–Kier alpha value is -1.99. The Kier molecular flexibility index (Phi) is 6.79. The zero-order valence-electron chi connectivity index (χ0n) is 14.8. The highest BCUT2D eigenvalue weighted by atomic mass is 35.5. The van der Waals surface area contributed by atoms with E-state index < -0.39 is 0 Å². The molecule has 0 saturated carbocycles. The highest BCUT2D eigenvalue weighted by molar-refractivity contribution is 6.35. The van der Waals surface area contributed by atoms with Gasteiger partial charge in [0.25, 0.3) is 0 Å². The minimum Gasteiger partial charge on any atom is -0.395 e. The van der Waals surface area contributed by atoms with Crippen LogP contribution < -0.4 is 0 Å². The van der Waals surface area contributed by atoms with E-state index in [1.54, 1.807) is 24.5 Å². The first kappa shape index (κ1) is 19.8. The smallest absolute Gasteiger partial charge is 0.241 e. The SMILES string of the molecule is CC[C@H](CO)N(Cc1nc(-c2ccncc2)no1)Cc1ccc(Cl)cc1Cl. The summed E-state index contributed by atoms with van der Waals surface area (Å²) in [5.74, 6) is 0.979. The molecule has 1 N–H and O–H groups in total. The summed E-state index contributed by atoms with van der Waals surface area (Å²) < 4.78 is 5.42. The molecule has 0 saturated heterocycles. The molecular weight excluding hydrogens is 387 g/mol. The fourth-order valence-corrected chi connectivity index (χ4v) is 3.26. The van der Waals surface area contributed by atoms with Crippen LogP contribution in [0.1, 0.15) is 24.8 Å². The van der Waals surface area contributed by atoms with E-state index in [9.17, 15) is 5.11 Å². The highest BCUT2D eigenvalue weighted by Crippen LogP contribution is 2.24. The summed E-state index contributed by atoms with van der Waals surface area (Å²) in [5.41, 5.74) is 1.75. The van der Waals surface area contributed by atoms with Crippen LogP contribution in [0.15, 0.2) is 47.2 Å². The van der Waals surface area contributed by atoms with Crippen molar-refractivity contribution in [3.63, 3.8) is 0 Å². The Morgan fingerprint density at radius 2 is 1.93 bits per heavy atom. The maximum absolute atomic E-state index is 9.78. The highest BCUT2D eigenvalue weighted by Gasteiger charge is 2.21. The molecule has 0 spiro atoms. The largest absolute Gasteiger partial charge is 0.395 e.